The van der Waals surface area contributed by atoms with Crippen LogP contribution in [0.2, 0.25) is 0 Å². The molecule has 0 saturated heterocycles. The topological polar surface area (TPSA) is 79.8 Å². The number of hydrogen-bond donors (Lipinski definition) is 2. The lowest BCUT2D eigenvalue weighted by atomic mass is 10.2. The SMILES string of the molecule is Cc1ccc(NC(=O)c2cnc(NCc3ccccn3)cn2)cc1Br. The lowest BCUT2D eigenvalue weighted by Crippen LogP contribution is -2.14. The highest BCUT2D eigenvalue weighted by Gasteiger charge is 2.09. The molecule has 0 bridgehead atoms. The van der Waals surface area contributed by atoms with Gasteiger partial charge in [0.2, 0.25) is 0 Å². The summed E-state index contributed by atoms with van der Waals surface area (Å²) in [6.45, 7) is 2.52. The third-order valence-electron chi connectivity index (χ3n) is 3.49. The van der Waals surface area contributed by atoms with Gasteiger partial charge in [0.05, 0.1) is 24.6 Å². The second kappa shape index (κ2) is 7.85. The number of hydrogen-bond acceptors (Lipinski definition) is 5. The number of amides is 1. The second-order valence-corrected chi connectivity index (χ2v) is 6.23. The quantitative estimate of drug-likeness (QED) is 0.684. The van der Waals surface area contributed by atoms with Gasteiger partial charge in [-0.2, -0.15) is 0 Å². The maximum atomic E-state index is 12.2. The average molecular weight is 398 g/mol. The molecule has 0 atom stereocenters. The van der Waals surface area contributed by atoms with E-state index in [-0.39, 0.29) is 11.6 Å². The van der Waals surface area contributed by atoms with Crippen LogP contribution in [-0.4, -0.2) is 20.9 Å². The van der Waals surface area contributed by atoms with Crippen molar-refractivity contribution in [3.05, 3.63) is 76.4 Å². The first kappa shape index (κ1) is 17.0. The molecule has 2 N–H and O–H groups in total. The van der Waals surface area contributed by atoms with Crippen molar-refractivity contribution in [1.82, 2.24) is 15.0 Å². The number of nitrogens with zero attached hydrogens (tertiary/aromatic N) is 3. The lowest BCUT2D eigenvalue weighted by molar-refractivity contribution is 0.102. The summed E-state index contributed by atoms with van der Waals surface area (Å²) < 4.78 is 0.936. The van der Waals surface area contributed by atoms with E-state index in [0.29, 0.717) is 18.1 Å². The molecule has 0 radical (unpaired) electrons. The van der Waals surface area contributed by atoms with Gasteiger partial charge in [0, 0.05) is 16.4 Å². The number of rotatable bonds is 5. The highest BCUT2D eigenvalue weighted by molar-refractivity contribution is 9.10. The number of aromatic nitrogens is 3. The van der Waals surface area contributed by atoms with E-state index in [9.17, 15) is 4.79 Å². The minimum atomic E-state index is -0.306. The first-order valence-electron chi connectivity index (χ1n) is 7.65. The zero-order chi connectivity index (χ0) is 17.6. The summed E-state index contributed by atoms with van der Waals surface area (Å²) in [7, 11) is 0. The summed E-state index contributed by atoms with van der Waals surface area (Å²) in [5.41, 5.74) is 2.94. The first-order chi connectivity index (χ1) is 12.1. The molecular weight excluding hydrogens is 382 g/mol. The van der Waals surface area contributed by atoms with Gasteiger partial charge in [0.25, 0.3) is 5.91 Å². The lowest BCUT2D eigenvalue weighted by Gasteiger charge is -2.08. The van der Waals surface area contributed by atoms with Crippen LogP contribution in [0.5, 0.6) is 0 Å². The number of aryl methyl sites for hydroxylation is 1. The van der Waals surface area contributed by atoms with Crippen molar-refractivity contribution in [2.24, 2.45) is 0 Å². The van der Waals surface area contributed by atoms with Crippen LogP contribution >= 0.6 is 15.9 Å². The van der Waals surface area contributed by atoms with Gasteiger partial charge < -0.3 is 10.6 Å². The predicted octanol–water partition coefficient (Wildman–Crippen LogP) is 3.81. The molecular formula is C18H16BrN5O. The van der Waals surface area contributed by atoms with Gasteiger partial charge in [0.1, 0.15) is 11.5 Å². The summed E-state index contributed by atoms with van der Waals surface area (Å²) in [6, 6.07) is 11.3. The van der Waals surface area contributed by atoms with E-state index in [1.54, 1.807) is 6.20 Å². The highest BCUT2D eigenvalue weighted by atomic mass is 79.9. The van der Waals surface area contributed by atoms with E-state index in [2.05, 4.69) is 41.5 Å². The molecule has 0 fully saturated rings. The standard InChI is InChI=1S/C18H16BrN5O/c1-12-5-6-13(8-15(12)19)24-18(25)16-10-23-17(11-21-16)22-9-14-4-2-3-7-20-14/h2-8,10-11H,9H2,1H3,(H,22,23)(H,24,25). The van der Waals surface area contributed by atoms with Crippen molar-refractivity contribution < 1.29 is 4.79 Å². The normalized spacial score (nSPS) is 10.3. The third kappa shape index (κ3) is 4.60. The molecule has 25 heavy (non-hydrogen) atoms. The summed E-state index contributed by atoms with van der Waals surface area (Å²) in [5, 5.41) is 5.92. The maximum absolute atomic E-state index is 12.2. The van der Waals surface area contributed by atoms with E-state index in [4.69, 9.17) is 0 Å². The molecule has 6 nitrogen and oxygen atoms in total. The number of carbonyl (C=O) groups is 1. The van der Waals surface area contributed by atoms with Gasteiger partial charge in [-0.15, -0.1) is 0 Å². The molecule has 126 valence electrons. The Morgan fingerprint density at radius 3 is 2.68 bits per heavy atom. The zero-order valence-electron chi connectivity index (χ0n) is 13.5. The molecule has 3 rings (SSSR count). The molecule has 7 heteroatoms. The zero-order valence-corrected chi connectivity index (χ0v) is 15.1. The summed E-state index contributed by atoms with van der Waals surface area (Å²) in [5.74, 6) is 0.278. The van der Waals surface area contributed by atoms with Crippen molar-refractivity contribution in [2.75, 3.05) is 10.6 Å². The fraction of sp³-hybridized carbons (Fsp3) is 0.111. The Bertz CT molecular complexity index is 868. The Morgan fingerprint density at radius 2 is 2.00 bits per heavy atom. The number of benzene rings is 1. The number of nitrogens with one attached hydrogen (secondary N) is 2. The molecule has 0 aliphatic carbocycles. The van der Waals surface area contributed by atoms with Crippen molar-refractivity contribution in [2.45, 2.75) is 13.5 Å². The Labute approximate surface area is 153 Å². The first-order valence-corrected chi connectivity index (χ1v) is 8.44. The summed E-state index contributed by atoms with van der Waals surface area (Å²) in [6.07, 6.45) is 4.71. The predicted molar refractivity (Wildman–Crippen MR) is 100 cm³/mol. The number of anilines is 2. The largest absolute Gasteiger partial charge is 0.363 e. The van der Waals surface area contributed by atoms with Gasteiger partial charge in [0.15, 0.2) is 0 Å². The molecule has 0 saturated carbocycles. The molecule has 2 aromatic heterocycles. The Morgan fingerprint density at radius 1 is 1.12 bits per heavy atom. The summed E-state index contributed by atoms with van der Waals surface area (Å²) in [4.78, 5) is 24.8. The van der Waals surface area contributed by atoms with Crippen LogP contribution in [0.3, 0.4) is 0 Å². The van der Waals surface area contributed by atoms with Crippen molar-refractivity contribution in [3.63, 3.8) is 0 Å². The number of pyridine rings is 1. The van der Waals surface area contributed by atoms with Crippen LogP contribution in [0.1, 0.15) is 21.7 Å². The molecule has 1 amide bonds. The molecule has 0 aliphatic rings. The van der Waals surface area contributed by atoms with Crippen molar-refractivity contribution >= 4 is 33.3 Å². The Kier molecular flexibility index (Phi) is 5.35. The fourth-order valence-corrected chi connectivity index (χ4v) is 2.46. The van der Waals surface area contributed by atoms with E-state index in [1.165, 1.54) is 12.4 Å². The van der Waals surface area contributed by atoms with E-state index >= 15 is 0 Å². The maximum Gasteiger partial charge on any atom is 0.275 e. The van der Waals surface area contributed by atoms with Gasteiger partial charge in [-0.3, -0.25) is 9.78 Å². The Hall–Kier alpha value is -2.80. The van der Waals surface area contributed by atoms with Gasteiger partial charge in [-0.05, 0) is 36.8 Å². The van der Waals surface area contributed by atoms with E-state index in [1.807, 2.05) is 43.3 Å². The molecule has 1 aromatic carbocycles. The second-order valence-electron chi connectivity index (χ2n) is 5.38. The van der Waals surface area contributed by atoms with Crippen molar-refractivity contribution in [3.8, 4) is 0 Å². The van der Waals surface area contributed by atoms with Gasteiger partial charge >= 0.3 is 0 Å². The van der Waals surface area contributed by atoms with Crippen LogP contribution in [0.25, 0.3) is 0 Å². The van der Waals surface area contributed by atoms with E-state index in [0.717, 1.165) is 15.7 Å². The highest BCUT2D eigenvalue weighted by Crippen LogP contribution is 2.21. The fourth-order valence-electron chi connectivity index (χ4n) is 2.09. The van der Waals surface area contributed by atoms with Crippen molar-refractivity contribution in [1.29, 1.82) is 0 Å². The Balaban J connectivity index is 1.61. The van der Waals surface area contributed by atoms with Crippen LogP contribution in [0.4, 0.5) is 11.5 Å². The number of carbonyl (C=O) groups excluding carboxylic acids is 1. The average Bonchev–Trinajstić information content (AvgIpc) is 2.64. The molecule has 0 aliphatic heterocycles. The van der Waals surface area contributed by atoms with Crippen LogP contribution < -0.4 is 10.6 Å². The summed E-state index contributed by atoms with van der Waals surface area (Å²) >= 11 is 3.45. The minimum Gasteiger partial charge on any atom is -0.363 e. The smallest absolute Gasteiger partial charge is 0.275 e. The molecule has 0 spiro atoms. The minimum absolute atomic E-state index is 0.250. The molecule has 3 aromatic rings. The van der Waals surface area contributed by atoms with Gasteiger partial charge in [-0.1, -0.05) is 28.1 Å². The van der Waals surface area contributed by atoms with Crippen LogP contribution in [0, 0.1) is 6.92 Å². The molecule has 2 heterocycles. The molecule has 0 unspecified atom stereocenters. The number of halogens is 1. The van der Waals surface area contributed by atoms with Crippen LogP contribution in [-0.2, 0) is 6.54 Å². The van der Waals surface area contributed by atoms with Crippen LogP contribution in [0.15, 0.2) is 59.5 Å². The third-order valence-corrected chi connectivity index (χ3v) is 4.35. The van der Waals surface area contributed by atoms with E-state index < -0.39 is 0 Å². The van der Waals surface area contributed by atoms with Gasteiger partial charge in [-0.25, -0.2) is 9.97 Å². The monoisotopic (exact) mass is 397 g/mol.